The van der Waals surface area contributed by atoms with E-state index in [4.69, 9.17) is 24.4 Å². The summed E-state index contributed by atoms with van der Waals surface area (Å²) in [5.41, 5.74) is 17.6. The third-order valence-corrected chi connectivity index (χ3v) is 17.0. The number of rotatable bonds is 0. The molecule has 0 saturated heterocycles. The second-order valence-corrected chi connectivity index (χ2v) is 21.8. The minimum absolute atomic E-state index is 0.681. The molecule has 0 spiro atoms. The normalized spacial score (nSPS) is 23.5. The summed E-state index contributed by atoms with van der Waals surface area (Å²) in [5, 5.41) is 2.35. The van der Waals surface area contributed by atoms with Crippen LogP contribution >= 0.6 is 0 Å². The third kappa shape index (κ3) is 9.56. The Labute approximate surface area is 403 Å². The number of benzene rings is 3. The van der Waals surface area contributed by atoms with Crippen LogP contribution in [-0.4, -0.2) is 19.9 Å². The molecule has 13 aliphatic carbocycles. The van der Waals surface area contributed by atoms with Gasteiger partial charge in [-0.3, -0.25) is 15.0 Å². The molecule has 0 amide bonds. The van der Waals surface area contributed by atoms with Crippen LogP contribution in [0.1, 0.15) is 116 Å². The lowest BCUT2D eigenvalue weighted by molar-refractivity contribution is 0.172. The van der Waals surface area contributed by atoms with Gasteiger partial charge in [0.1, 0.15) is 5.58 Å². The maximum atomic E-state index is 6.76. The monoisotopic (exact) mass is 895 g/mol. The molecule has 2 fully saturated rings. The van der Waals surface area contributed by atoms with E-state index in [-0.39, 0.29) is 0 Å². The molecule has 8 aromatic rings. The van der Waals surface area contributed by atoms with Crippen LogP contribution in [0, 0.1) is 42.4 Å². The van der Waals surface area contributed by atoms with Gasteiger partial charge in [-0.05, 0) is 228 Å². The maximum absolute atomic E-state index is 6.76. The van der Waals surface area contributed by atoms with Crippen molar-refractivity contribution in [3.8, 4) is 33.8 Å². The molecule has 18 bridgehead atoms. The summed E-state index contributed by atoms with van der Waals surface area (Å²) in [6.45, 7) is 2.06. The fraction of sp³-hybridized carbons (Fsp3) is 0.397. The highest BCUT2D eigenvalue weighted by Crippen LogP contribution is 2.44. The van der Waals surface area contributed by atoms with Crippen molar-refractivity contribution in [2.75, 3.05) is 0 Å². The fourth-order valence-corrected chi connectivity index (χ4v) is 13.3. The zero-order valence-electron chi connectivity index (χ0n) is 40.0. The Morgan fingerprint density at radius 2 is 0.809 bits per heavy atom. The molecule has 4 atom stereocenters. The van der Waals surface area contributed by atoms with Gasteiger partial charge in [0, 0.05) is 51.7 Å². The Balaban J connectivity index is 0.915. The van der Waals surface area contributed by atoms with Crippen molar-refractivity contribution in [3.05, 3.63) is 167 Å². The van der Waals surface area contributed by atoms with Gasteiger partial charge in [0.05, 0.1) is 17.1 Å². The van der Waals surface area contributed by atoms with E-state index < -0.39 is 0 Å². The van der Waals surface area contributed by atoms with E-state index in [0.29, 0.717) is 35.5 Å². The van der Waals surface area contributed by atoms with Gasteiger partial charge >= 0.3 is 0 Å². The quantitative estimate of drug-likeness (QED) is 0.152. The Morgan fingerprint density at radius 1 is 0.397 bits per heavy atom. The zero-order chi connectivity index (χ0) is 45.4. The van der Waals surface area contributed by atoms with E-state index in [1.165, 1.54) is 127 Å². The van der Waals surface area contributed by atoms with Gasteiger partial charge in [-0.1, -0.05) is 72.8 Å². The Bertz CT molecular complexity index is 2870. The van der Waals surface area contributed by atoms with Crippen LogP contribution in [0.2, 0.25) is 0 Å². The first-order valence-electron chi connectivity index (χ1n) is 26.3. The molecule has 29 aliphatic rings. The predicted molar refractivity (Wildman–Crippen MR) is 277 cm³/mol. The van der Waals surface area contributed by atoms with Gasteiger partial charge in [0.25, 0.3) is 0 Å². The standard InChI is InChI=1S/C63H66N4O/c1-41-2-27-57-61-55-25-17-52-36-47-8-3-42-13-21-53(22-14-42)58-29-18-44(38-64-58)5-10-49-33-50(11-6-45-19-30-59(65-39-45)54-23-15-43(16-24-54)4-9-48(32-47)37-52)35-51(34-49)12-7-46-20-31-60(66-40-46)56(28-26-55)62(61)68-63(57)67-41/h2,13-16,18-24,26-31,38-40,47-52H,3-12,17,25,32-37H2,1H3. The molecule has 4 unspecified atom stereocenters. The van der Waals surface area contributed by atoms with Crippen molar-refractivity contribution in [2.45, 2.75) is 122 Å². The van der Waals surface area contributed by atoms with E-state index in [2.05, 4.69) is 135 Å². The predicted octanol–water partition coefficient (Wildman–Crippen LogP) is 15.6. The van der Waals surface area contributed by atoms with Crippen LogP contribution in [0.5, 0.6) is 0 Å². The van der Waals surface area contributed by atoms with Crippen LogP contribution in [0.25, 0.3) is 55.8 Å². The fourth-order valence-electron chi connectivity index (χ4n) is 13.3. The van der Waals surface area contributed by atoms with Gasteiger partial charge in [-0.25, -0.2) is 4.98 Å². The molecule has 21 heterocycles. The van der Waals surface area contributed by atoms with E-state index in [0.717, 1.165) is 83.5 Å². The number of aryl methyl sites for hydroxylation is 7. The van der Waals surface area contributed by atoms with Crippen LogP contribution in [0.4, 0.5) is 0 Å². The molecule has 3 aromatic carbocycles. The summed E-state index contributed by atoms with van der Waals surface area (Å²) in [7, 11) is 0. The van der Waals surface area contributed by atoms with Crippen molar-refractivity contribution < 1.29 is 4.42 Å². The minimum atomic E-state index is 0.681. The average molecular weight is 895 g/mol. The highest BCUT2D eigenvalue weighted by atomic mass is 16.3. The second-order valence-electron chi connectivity index (χ2n) is 21.8. The average Bonchev–Trinajstić information content (AvgIpc) is 3.76. The molecule has 5 heteroatoms. The lowest BCUT2D eigenvalue weighted by atomic mass is 9.70. The van der Waals surface area contributed by atoms with Gasteiger partial charge in [0.15, 0.2) is 0 Å². The Morgan fingerprint density at radius 3 is 1.25 bits per heavy atom. The molecule has 68 heavy (non-hydrogen) atoms. The lowest BCUT2D eigenvalue weighted by Gasteiger charge is -2.35. The van der Waals surface area contributed by atoms with Crippen molar-refractivity contribution >= 4 is 22.1 Å². The highest BCUT2D eigenvalue weighted by molar-refractivity contribution is 6.10. The molecule has 2 saturated carbocycles. The number of furan rings is 1. The SMILES string of the molecule is Cc1ccc2c(n1)oc1c3ccc(c12)CCC1CC2CCc4ccc(cc4)-c4ccc(cn4)CCC4CC(CCc5ccc(nc5)-c5ccc(cc5)CCC(C2)C1)CC(CCc1ccc-3nc1)C4. The van der Waals surface area contributed by atoms with Gasteiger partial charge in [-0.15, -0.1) is 0 Å². The molecule has 5 aromatic heterocycles. The lowest BCUT2D eigenvalue weighted by Crippen LogP contribution is -2.24. The van der Waals surface area contributed by atoms with Crippen LogP contribution in [-0.2, 0) is 38.5 Å². The Kier molecular flexibility index (Phi) is 12.2. The van der Waals surface area contributed by atoms with Gasteiger partial charge in [-0.2, -0.15) is 0 Å². The van der Waals surface area contributed by atoms with Crippen molar-refractivity contribution in [2.24, 2.45) is 35.5 Å². The first kappa shape index (κ1) is 43.3. The third-order valence-electron chi connectivity index (χ3n) is 17.0. The molecular formula is C63H66N4O. The van der Waals surface area contributed by atoms with Crippen LogP contribution < -0.4 is 0 Å². The maximum Gasteiger partial charge on any atom is 0.227 e. The smallest absolute Gasteiger partial charge is 0.227 e. The number of fused-ring (bicyclic) bond motifs is 1. The van der Waals surface area contributed by atoms with Crippen molar-refractivity contribution in [1.82, 2.24) is 19.9 Å². The number of aromatic nitrogens is 4. The summed E-state index contributed by atoms with van der Waals surface area (Å²) in [6.07, 6.45) is 28.1. The summed E-state index contributed by atoms with van der Waals surface area (Å²) < 4.78 is 6.76. The van der Waals surface area contributed by atoms with Crippen LogP contribution in [0.3, 0.4) is 0 Å². The van der Waals surface area contributed by atoms with Crippen LogP contribution in [0.15, 0.2) is 132 Å². The largest absolute Gasteiger partial charge is 0.437 e. The van der Waals surface area contributed by atoms with Crippen molar-refractivity contribution in [1.29, 1.82) is 0 Å². The van der Waals surface area contributed by atoms with Gasteiger partial charge < -0.3 is 4.42 Å². The molecule has 0 N–H and O–H groups in total. The molecule has 16 aliphatic heterocycles. The van der Waals surface area contributed by atoms with E-state index in [9.17, 15) is 0 Å². The summed E-state index contributed by atoms with van der Waals surface area (Å²) >= 11 is 0. The first-order valence-corrected chi connectivity index (χ1v) is 26.3. The number of hydrogen-bond acceptors (Lipinski definition) is 5. The molecule has 344 valence electrons. The highest BCUT2D eigenvalue weighted by Gasteiger charge is 2.31. The molecular weight excluding hydrogens is 829 g/mol. The summed E-state index contributed by atoms with van der Waals surface area (Å²) in [4.78, 5) is 20.1. The van der Waals surface area contributed by atoms with E-state index in [1.54, 1.807) is 0 Å². The van der Waals surface area contributed by atoms with Crippen molar-refractivity contribution in [3.63, 3.8) is 0 Å². The summed E-state index contributed by atoms with van der Waals surface area (Å²) in [5.74, 6) is 4.25. The second kappa shape index (κ2) is 19.2. The van der Waals surface area contributed by atoms with E-state index in [1.807, 2.05) is 0 Å². The number of pyridine rings is 4. The summed E-state index contributed by atoms with van der Waals surface area (Å²) in [6, 6.07) is 41.5. The number of hydrogen-bond donors (Lipinski definition) is 0. The Hall–Kier alpha value is -5.94. The topological polar surface area (TPSA) is 64.7 Å². The molecule has 37 rings (SSSR count). The molecule has 5 nitrogen and oxygen atoms in total. The first-order chi connectivity index (χ1) is 33.5. The molecule has 0 radical (unpaired) electrons. The zero-order valence-corrected chi connectivity index (χ0v) is 40.0. The minimum Gasteiger partial charge on any atom is -0.437 e. The number of nitrogens with zero attached hydrogens (tertiary/aromatic N) is 4. The van der Waals surface area contributed by atoms with E-state index >= 15 is 0 Å². The van der Waals surface area contributed by atoms with Gasteiger partial charge in [0.2, 0.25) is 5.71 Å².